The van der Waals surface area contributed by atoms with E-state index in [1.807, 2.05) is 0 Å². The lowest BCUT2D eigenvalue weighted by Crippen LogP contribution is -2.12. The van der Waals surface area contributed by atoms with Crippen LogP contribution in [0.25, 0.3) is 0 Å². The molecule has 1 amide bonds. The molecule has 23 heavy (non-hydrogen) atoms. The van der Waals surface area contributed by atoms with E-state index in [1.165, 1.54) is 11.1 Å². The number of carbonyl (C=O) groups excluding carboxylic acids is 1. The van der Waals surface area contributed by atoms with Gasteiger partial charge in [-0.15, -0.1) is 0 Å². The first-order valence-electron chi connectivity index (χ1n) is 7.66. The van der Waals surface area contributed by atoms with Crippen LogP contribution >= 0.6 is 0 Å². The number of hydrogen-bond donors (Lipinski definition) is 2. The first kappa shape index (κ1) is 15.2. The normalized spacial score (nSPS) is 12.2. The van der Waals surface area contributed by atoms with Gasteiger partial charge < -0.3 is 20.5 Å². The minimum absolute atomic E-state index is 0.0531. The Kier molecular flexibility index (Phi) is 4.37. The summed E-state index contributed by atoms with van der Waals surface area (Å²) in [5, 5.41) is 2.84. The van der Waals surface area contributed by atoms with E-state index in [-0.39, 0.29) is 12.7 Å². The summed E-state index contributed by atoms with van der Waals surface area (Å²) in [5.41, 5.74) is 9.45. The molecule has 0 aliphatic carbocycles. The Hall–Kier alpha value is -2.69. The minimum atomic E-state index is -0.0531. The lowest BCUT2D eigenvalue weighted by Gasteiger charge is -2.09. The number of rotatable bonds is 5. The van der Waals surface area contributed by atoms with Crippen molar-refractivity contribution in [3.63, 3.8) is 0 Å². The Bertz CT molecular complexity index is 711. The molecule has 0 saturated heterocycles. The predicted molar refractivity (Wildman–Crippen MR) is 89.7 cm³/mol. The van der Waals surface area contributed by atoms with Crippen LogP contribution in [0.3, 0.4) is 0 Å². The molecule has 0 atom stereocenters. The molecule has 3 rings (SSSR count). The van der Waals surface area contributed by atoms with E-state index in [2.05, 4.69) is 36.5 Å². The van der Waals surface area contributed by atoms with Crippen LogP contribution in [0.4, 0.5) is 11.4 Å². The lowest BCUT2D eigenvalue weighted by atomic mass is 10.1. The van der Waals surface area contributed by atoms with Gasteiger partial charge in [0.2, 0.25) is 12.7 Å². The molecule has 0 fully saturated rings. The number of amides is 1. The SMILES string of the molecule is Cc1ccc(CCCC(=O)Nc2cc3c(cc2N)OCO3)cc1. The molecule has 0 aromatic heterocycles. The van der Waals surface area contributed by atoms with E-state index >= 15 is 0 Å². The fourth-order valence-electron chi connectivity index (χ4n) is 2.49. The quantitative estimate of drug-likeness (QED) is 0.831. The van der Waals surface area contributed by atoms with Gasteiger partial charge in [-0.1, -0.05) is 29.8 Å². The van der Waals surface area contributed by atoms with Crippen molar-refractivity contribution in [3.8, 4) is 11.5 Å². The van der Waals surface area contributed by atoms with Gasteiger partial charge in [0.15, 0.2) is 11.5 Å². The molecule has 0 bridgehead atoms. The van der Waals surface area contributed by atoms with Crippen LogP contribution in [0, 0.1) is 6.92 Å². The topological polar surface area (TPSA) is 73.6 Å². The molecule has 2 aromatic rings. The molecule has 0 unspecified atom stereocenters. The average molecular weight is 312 g/mol. The van der Waals surface area contributed by atoms with E-state index in [9.17, 15) is 4.79 Å². The van der Waals surface area contributed by atoms with Crippen molar-refractivity contribution < 1.29 is 14.3 Å². The number of benzene rings is 2. The van der Waals surface area contributed by atoms with Crippen molar-refractivity contribution in [2.24, 2.45) is 0 Å². The van der Waals surface area contributed by atoms with Gasteiger partial charge in [-0.2, -0.15) is 0 Å². The summed E-state index contributed by atoms with van der Waals surface area (Å²) in [6.45, 7) is 2.25. The molecule has 2 aromatic carbocycles. The largest absolute Gasteiger partial charge is 0.454 e. The highest BCUT2D eigenvalue weighted by Gasteiger charge is 2.17. The molecule has 5 nitrogen and oxygen atoms in total. The second kappa shape index (κ2) is 6.60. The number of nitrogen functional groups attached to an aromatic ring is 1. The predicted octanol–water partition coefficient (Wildman–Crippen LogP) is 3.27. The number of aryl methyl sites for hydroxylation is 2. The Morgan fingerprint density at radius 3 is 2.61 bits per heavy atom. The average Bonchev–Trinajstić information content (AvgIpc) is 2.97. The number of carbonyl (C=O) groups is 1. The Morgan fingerprint density at radius 2 is 1.87 bits per heavy atom. The summed E-state index contributed by atoms with van der Waals surface area (Å²) >= 11 is 0. The number of ether oxygens (including phenoxy) is 2. The van der Waals surface area contributed by atoms with Crippen molar-refractivity contribution in [3.05, 3.63) is 47.5 Å². The summed E-state index contributed by atoms with van der Waals surface area (Å²) in [6.07, 6.45) is 2.12. The summed E-state index contributed by atoms with van der Waals surface area (Å²) in [5.74, 6) is 1.16. The molecule has 0 spiro atoms. The molecule has 1 aliphatic rings. The monoisotopic (exact) mass is 312 g/mol. The second-order valence-electron chi connectivity index (χ2n) is 5.68. The van der Waals surface area contributed by atoms with Gasteiger partial charge in [-0.25, -0.2) is 0 Å². The number of anilines is 2. The van der Waals surface area contributed by atoms with Gasteiger partial charge in [-0.3, -0.25) is 4.79 Å². The molecular formula is C18H20N2O3. The standard InChI is InChI=1S/C18H20N2O3/c1-12-5-7-13(8-6-12)3-2-4-18(21)20-15-10-17-16(9-14(15)19)22-11-23-17/h5-10H,2-4,11,19H2,1H3,(H,20,21). The summed E-state index contributed by atoms with van der Waals surface area (Å²) in [6, 6.07) is 11.7. The summed E-state index contributed by atoms with van der Waals surface area (Å²) in [4.78, 5) is 12.1. The summed E-state index contributed by atoms with van der Waals surface area (Å²) in [7, 11) is 0. The third-order valence-electron chi connectivity index (χ3n) is 3.81. The van der Waals surface area contributed by atoms with Crippen molar-refractivity contribution >= 4 is 17.3 Å². The lowest BCUT2D eigenvalue weighted by molar-refractivity contribution is -0.116. The van der Waals surface area contributed by atoms with Crippen LogP contribution in [-0.2, 0) is 11.2 Å². The van der Waals surface area contributed by atoms with E-state index in [1.54, 1.807) is 12.1 Å². The Balaban J connectivity index is 1.52. The van der Waals surface area contributed by atoms with Gasteiger partial charge in [-0.05, 0) is 25.3 Å². The first-order chi connectivity index (χ1) is 11.1. The van der Waals surface area contributed by atoms with E-state index in [0.29, 0.717) is 29.3 Å². The fraction of sp³-hybridized carbons (Fsp3) is 0.278. The highest BCUT2D eigenvalue weighted by Crippen LogP contribution is 2.38. The van der Waals surface area contributed by atoms with E-state index < -0.39 is 0 Å². The molecule has 0 radical (unpaired) electrons. The maximum atomic E-state index is 12.1. The Morgan fingerprint density at radius 1 is 1.17 bits per heavy atom. The zero-order valence-electron chi connectivity index (χ0n) is 13.1. The highest BCUT2D eigenvalue weighted by atomic mass is 16.7. The molecule has 5 heteroatoms. The van der Waals surface area contributed by atoms with Crippen LogP contribution in [-0.4, -0.2) is 12.7 Å². The van der Waals surface area contributed by atoms with Gasteiger partial charge >= 0.3 is 0 Å². The third kappa shape index (κ3) is 3.74. The molecule has 1 aliphatic heterocycles. The van der Waals surface area contributed by atoms with Crippen LogP contribution in [0.5, 0.6) is 11.5 Å². The molecular weight excluding hydrogens is 292 g/mol. The zero-order chi connectivity index (χ0) is 16.2. The third-order valence-corrected chi connectivity index (χ3v) is 3.81. The van der Waals surface area contributed by atoms with Crippen molar-refractivity contribution in [1.29, 1.82) is 0 Å². The van der Waals surface area contributed by atoms with Crippen LogP contribution in [0.15, 0.2) is 36.4 Å². The molecule has 0 saturated carbocycles. The first-order valence-corrected chi connectivity index (χ1v) is 7.66. The van der Waals surface area contributed by atoms with Gasteiger partial charge in [0.05, 0.1) is 11.4 Å². The zero-order valence-corrected chi connectivity index (χ0v) is 13.1. The van der Waals surface area contributed by atoms with Crippen molar-refractivity contribution in [2.75, 3.05) is 17.8 Å². The van der Waals surface area contributed by atoms with Gasteiger partial charge in [0.25, 0.3) is 0 Å². The molecule has 3 N–H and O–H groups in total. The molecule has 120 valence electrons. The minimum Gasteiger partial charge on any atom is -0.454 e. The van der Waals surface area contributed by atoms with Crippen LogP contribution in [0.2, 0.25) is 0 Å². The van der Waals surface area contributed by atoms with Gasteiger partial charge in [0, 0.05) is 18.6 Å². The number of fused-ring (bicyclic) bond motifs is 1. The molecule has 1 heterocycles. The van der Waals surface area contributed by atoms with E-state index in [4.69, 9.17) is 15.2 Å². The number of nitrogens with two attached hydrogens (primary N) is 1. The van der Waals surface area contributed by atoms with Gasteiger partial charge in [0.1, 0.15) is 0 Å². The van der Waals surface area contributed by atoms with E-state index in [0.717, 1.165) is 12.8 Å². The summed E-state index contributed by atoms with van der Waals surface area (Å²) < 4.78 is 10.5. The Labute approximate surface area is 135 Å². The van der Waals surface area contributed by atoms with Crippen LogP contribution < -0.4 is 20.5 Å². The smallest absolute Gasteiger partial charge is 0.231 e. The number of nitrogens with one attached hydrogen (secondary N) is 1. The van der Waals surface area contributed by atoms with Crippen molar-refractivity contribution in [1.82, 2.24) is 0 Å². The second-order valence-corrected chi connectivity index (χ2v) is 5.68. The number of hydrogen-bond acceptors (Lipinski definition) is 4. The van der Waals surface area contributed by atoms with Crippen molar-refractivity contribution in [2.45, 2.75) is 26.2 Å². The maximum Gasteiger partial charge on any atom is 0.231 e. The maximum absolute atomic E-state index is 12.1. The highest BCUT2D eigenvalue weighted by molar-refractivity contribution is 5.94. The fourth-order valence-corrected chi connectivity index (χ4v) is 2.49. The van der Waals surface area contributed by atoms with Crippen LogP contribution in [0.1, 0.15) is 24.0 Å².